The molecule has 0 saturated heterocycles. The molecule has 1 fully saturated rings. The minimum Gasteiger partial charge on any atom is -0.454 e. The Kier molecular flexibility index (Phi) is 12.0. The fraction of sp³-hybridized carbons (Fsp3) is 0.268. The molecule has 1 saturated carbocycles. The number of aromatic nitrogens is 3. The van der Waals surface area contributed by atoms with Crippen molar-refractivity contribution in [2.45, 2.75) is 45.3 Å². The van der Waals surface area contributed by atoms with Gasteiger partial charge < -0.3 is 31.3 Å². The number of carbonyl (C=O) groups excluding carboxylic acids is 3. The van der Waals surface area contributed by atoms with Gasteiger partial charge >= 0.3 is 24.0 Å². The van der Waals surface area contributed by atoms with Gasteiger partial charge in [0.25, 0.3) is 5.91 Å². The molecule has 0 spiro atoms. The molecule has 296 valence electrons. The average Bonchev–Trinajstić information content (AvgIpc) is 3.96. The first-order valence-electron chi connectivity index (χ1n) is 18.0. The molecule has 0 unspecified atom stereocenters. The Labute approximate surface area is 332 Å². The van der Waals surface area contributed by atoms with Crippen molar-refractivity contribution in [3.63, 3.8) is 0 Å². The van der Waals surface area contributed by atoms with E-state index in [0.717, 1.165) is 35.1 Å². The largest absolute Gasteiger partial charge is 0.454 e. The molecule has 0 bridgehead atoms. The van der Waals surface area contributed by atoms with E-state index in [9.17, 15) is 27.6 Å². The van der Waals surface area contributed by atoms with E-state index in [1.807, 2.05) is 69.3 Å². The smallest absolute Gasteiger partial charge is 0.422 e. The number of rotatable bonds is 14. The van der Waals surface area contributed by atoms with Gasteiger partial charge in [-0.25, -0.2) is 0 Å². The molecule has 16 heteroatoms. The molecule has 1 aliphatic rings. The van der Waals surface area contributed by atoms with Gasteiger partial charge in [0.1, 0.15) is 0 Å². The first-order chi connectivity index (χ1) is 27.0. The maximum absolute atomic E-state index is 13.0. The highest BCUT2D eigenvalue weighted by Crippen LogP contribution is 2.48. The Balaban J connectivity index is 1.00. The molecule has 0 aliphatic heterocycles. The molecule has 5 aromatic rings. The van der Waals surface area contributed by atoms with Crippen molar-refractivity contribution in [3.8, 4) is 17.1 Å². The van der Waals surface area contributed by atoms with Gasteiger partial charge in [0.2, 0.25) is 11.9 Å². The lowest BCUT2D eigenvalue weighted by atomic mass is 9.93. The minimum atomic E-state index is -4.61. The number of halogens is 4. The molecule has 6 rings (SSSR count). The summed E-state index contributed by atoms with van der Waals surface area (Å²) in [5.41, 5.74) is 4.17. The summed E-state index contributed by atoms with van der Waals surface area (Å²) in [6.07, 6.45) is -3.14. The molecule has 3 amide bonds. The van der Waals surface area contributed by atoms with Crippen LogP contribution in [0.15, 0.2) is 97.1 Å². The van der Waals surface area contributed by atoms with Crippen molar-refractivity contribution >= 4 is 52.6 Å². The van der Waals surface area contributed by atoms with Gasteiger partial charge in [0.15, 0.2) is 6.61 Å². The Morgan fingerprint density at radius 3 is 1.93 bits per heavy atom. The number of amides is 3. The Morgan fingerprint density at radius 2 is 1.32 bits per heavy atom. The highest BCUT2D eigenvalue weighted by Gasteiger charge is 2.45. The quantitative estimate of drug-likeness (QED) is 0.0707. The normalized spacial score (nSPS) is 13.2. The number of anilines is 4. The first-order valence-corrected chi connectivity index (χ1v) is 18.3. The number of carbonyl (C=O) groups is 3. The van der Waals surface area contributed by atoms with Crippen LogP contribution in [-0.2, 0) is 15.1 Å². The number of benzene rings is 4. The van der Waals surface area contributed by atoms with E-state index in [1.54, 1.807) is 48.5 Å². The number of hydrogen-bond donors (Lipinski definition) is 5. The highest BCUT2D eigenvalue weighted by molar-refractivity contribution is 6.39. The summed E-state index contributed by atoms with van der Waals surface area (Å²) < 4.78 is 43.8. The number of nitrogens with zero attached hydrogens (tertiary/aromatic N) is 3. The van der Waals surface area contributed by atoms with Gasteiger partial charge in [0.05, 0.1) is 5.54 Å². The fourth-order valence-electron chi connectivity index (χ4n) is 5.67. The molecule has 1 aliphatic carbocycles. The number of nitrogens with one attached hydrogen (secondary N) is 5. The Bertz CT molecular complexity index is 2210. The van der Waals surface area contributed by atoms with Crippen LogP contribution in [-0.4, -0.2) is 58.5 Å². The lowest BCUT2D eigenvalue weighted by Crippen LogP contribution is -2.44. The molecular weight excluding hydrogens is 761 g/mol. The van der Waals surface area contributed by atoms with Crippen LogP contribution in [0.25, 0.3) is 11.1 Å². The summed E-state index contributed by atoms with van der Waals surface area (Å²) in [6.45, 7) is 4.35. The molecule has 0 atom stereocenters. The van der Waals surface area contributed by atoms with Crippen LogP contribution in [0.3, 0.4) is 0 Å². The summed E-state index contributed by atoms with van der Waals surface area (Å²) in [7, 11) is 0. The van der Waals surface area contributed by atoms with Gasteiger partial charge in [-0.3, -0.25) is 14.4 Å². The van der Waals surface area contributed by atoms with E-state index in [-0.39, 0.29) is 30.9 Å². The Hall–Kier alpha value is -6.22. The molecule has 5 N–H and O–H groups in total. The summed E-state index contributed by atoms with van der Waals surface area (Å²) in [4.78, 5) is 50.6. The Morgan fingerprint density at radius 1 is 0.737 bits per heavy atom. The average molecular weight is 801 g/mol. The van der Waals surface area contributed by atoms with E-state index in [2.05, 4.69) is 41.5 Å². The molecule has 4 aromatic carbocycles. The summed E-state index contributed by atoms with van der Waals surface area (Å²) in [6, 6.07) is 28.2. The topological polar surface area (TPSA) is 159 Å². The van der Waals surface area contributed by atoms with Crippen LogP contribution in [0.4, 0.5) is 36.4 Å². The third kappa shape index (κ3) is 11.4. The van der Waals surface area contributed by atoms with Crippen molar-refractivity contribution in [2.75, 3.05) is 35.6 Å². The van der Waals surface area contributed by atoms with Crippen molar-refractivity contribution in [2.24, 2.45) is 5.41 Å². The van der Waals surface area contributed by atoms with E-state index in [4.69, 9.17) is 16.3 Å². The van der Waals surface area contributed by atoms with Crippen LogP contribution in [0.5, 0.6) is 6.01 Å². The van der Waals surface area contributed by atoms with Crippen molar-refractivity contribution < 1.29 is 32.3 Å². The lowest BCUT2D eigenvalue weighted by Gasteiger charge is -2.25. The first kappa shape index (κ1) is 40.4. The van der Waals surface area contributed by atoms with E-state index in [0.29, 0.717) is 22.0 Å². The van der Waals surface area contributed by atoms with E-state index in [1.165, 1.54) is 0 Å². The summed E-state index contributed by atoms with van der Waals surface area (Å²) in [5.74, 6) is -2.09. The molecular formula is C41H40ClF3N8O4. The monoisotopic (exact) mass is 800 g/mol. The molecule has 57 heavy (non-hydrogen) atoms. The van der Waals surface area contributed by atoms with Gasteiger partial charge in [0, 0.05) is 35.1 Å². The lowest BCUT2D eigenvalue weighted by molar-refractivity contribution is -0.154. The van der Waals surface area contributed by atoms with Crippen molar-refractivity contribution in [1.29, 1.82) is 0 Å². The SMILES string of the molecule is Cc1ccc(-c2ccc(NC(=O)C(=O)NCC(C)(C)CNC(=O)c3ccc(Nc4nc(NC5(c6ccc(Cl)cc6)CC5)nc(OCC(F)(F)F)n4)cc3)cc2)cc1. The van der Waals surface area contributed by atoms with Gasteiger partial charge in [-0.15, -0.1) is 0 Å². The summed E-state index contributed by atoms with van der Waals surface area (Å²) >= 11 is 6.04. The highest BCUT2D eigenvalue weighted by atomic mass is 35.5. The van der Waals surface area contributed by atoms with E-state index < -0.39 is 41.6 Å². The predicted molar refractivity (Wildman–Crippen MR) is 211 cm³/mol. The minimum absolute atomic E-state index is 0.0106. The maximum Gasteiger partial charge on any atom is 0.422 e. The second-order valence-electron chi connectivity index (χ2n) is 14.5. The fourth-order valence-corrected chi connectivity index (χ4v) is 5.80. The molecule has 1 heterocycles. The third-order valence-electron chi connectivity index (χ3n) is 9.07. The van der Waals surface area contributed by atoms with Crippen LogP contribution in [0.2, 0.25) is 5.02 Å². The second kappa shape index (κ2) is 16.9. The van der Waals surface area contributed by atoms with Crippen LogP contribution in [0.1, 0.15) is 48.2 Å². The standard InChI is InChI=1S/C41H40ClF3N8O4/c1-25-4-6-26(7-5-25)27-8-16-31(17-9-27)48-35(56)34(55)47-23-39(2,3)22-46-33(54)28-10-18-32(19-11-28)49-36-50-37(52-38(51-36)57-24-41(43,44)45)53-40(20-21-40)29-12-14-30(42)15-13-29/h4-19H,20-24H2,1-3H3,(H,46,54)(H,47,55)(H,48,56)(H2,49,50,51,52,53). The van der Waals surface area contributed by atoms with Gasteiger partial charge in [-0.05, 0) is 90.4 Å². The zero-order valence-electron chi connectivity index (χ0n) is 31.3. The zero-order chi connectivity index (χ0) is 40.8. The molecule has 0 radical (unpaired) electrons. The second-order valence-corrected chi connectivity index (χ2v) is 14.9. The van der Waals surface area contributed by atoms with Gasteiger partial charge in [-0.2, -0.15) is 28.1 Å². The van der Waals surface area contributed by atoms with Crippen LogP contribution in [0, 0.1) is 12.3 Å². The number of ether oxygens (including phenoxy) is 1. The predicted octanol–water partition coefficient (Wildman–Crippen LogP) is 7.80. The summed E-state index contributed by atoms with van der Waals surface area (Å²) in [5, 5.41) is 14.8. The number of alkyl halides is 3. The number of hydrogen-bond acceptors (Lipinski definition) is 9. The van der Waals surface area contributed by atoms with E-state index >= 15 is 0 Å². The van der Waals surface area contributed by atoms with Crippen LogP contribution >= 0.6 is 11.6 Å². The maximum atomic E-state index is 13.0. The zero-order valence-corrected chi connectivity index (χ0v) is 32.0. The van der Waals surface area contributed by atoms with Crippen molar-refractivity contribution in [1.82, 2.24) is 25.6 Å². The van der Waals surface area contributed by atoms with Crippen molar-refractivity contribution in [3.05, 3.63) is 119 Å². The molecule has 1 aromatic heterocycles. The third-order valence-corrected chi connectivity index (χ3v) is 9.32. The molecule has 12 nitrogen and oxygen atoms in total. The van der Waals surface area contributed by atoms with Gasteiger partial charge in [-0.1, -0.05) is 79.5 Å². The number of aryl methyl sites for hydroxylation is 1. The van der Waals surface area contributed by atoms with Crippen LogP contribution < -0.4 is 31.3 Å².